The molecule has 1 aliphatic heterocycles. The number of nitrogens with one attached hydrogen (secondary N) is 1. The summed E-state index contributed by atoms with van der Waals surface area (Å²) in [5, 5.41) is 3.29. The number of hydrogen-bond donors (Lipinski definition) is 1. The molecular formula is C7H8N2OS. The Bertz CT molecular complexity index is 276. The summed E-state index contributed by atoms with van der Waals surface area (Å²) >= 11 is 4.82. The van der Waals surface area contributed by atoms with Crippen molar-refractivity contribution in [3.05, 3.63) is 5.57 Å². The second-order valence-corrected chi connectivity index (χ2v) is 2.77. The first kappa shape index (κ1) is 8.11. The maximum Gasteiger partial charge on any atom is 0.193 e. The minimum absolute atomic E-state index is 0.0579. The van der Waals surface area contributed by atoms with Gasteiger partial charge in [-0.05, 0) is 26.1 Å². The zero-order valence-corrected chi connectivity index (χ0v) is 7.16. The molecule has 0 bridgehead atoms. The van der Waals surface area contributed by atoms with Crippen LogP contribution in [0.3, 0.4) is 0 Å². The van der Waals surface area contributed by atoms with Crippen LogP contribution in [0.25, 0.3) is 0 Å². The average Bonchev–Trinajstić information content (AvgIpc) is 1.85. The molecule has 0 aromatic rings. The molecule has 1 rings (SSSR count). The highest BCUT2D eigenvalue weighted by Gasteiger charge is 2.18. The monoisotopic (exact) mass is 168 g/mol. The number of aliphatic imine (C=N–C) groups is 1. The number of rotatable bonds is 0. The highest BCUT2D eigenvalue weighted by atomic mass is 32.1. The van der Waals surface area contributed by atoms with Crippen LogP contribution in [0.1, 0.15) is 13.8 Å². The normalized spacial score (nSPS) is 23.8. The predicted molar refractivity (Wildman–Crippen MR) is 47.5 cm³/mol. The van der Waals surface area contributed by atoms with Gasteiger partial charge in [0, 0.05) is 0 Å². The first-order valence-electron chi connectivity index (χ1n) is 3.26. The lowest BCUT2D eigenvalue weighted by Gasteiger charge is -2.19. The molecule has 58 valence electrons. The molecule has 1 N–H and O–H groups in total. The lowest BCUT2D eigenvalue weighted by Crippen LogP contribution is -2.38. The van der Waals surface area contributed by atoms with Crippen molar-refractivity contribution in [3.8, 4) is 0 Å². The first-order valence-corrected chi connectivity index (χ1v) is 3.67. The van der Waals surface area contributed by atoms with Gasteiger partial charge in [-0.3, -0.25) is 0 Å². The molecule has 0 saturated carbocycles. The van der Waals surface area contributed by atoms with E-state index in [-0.39, 0.29) is 6.04 Å². The zero-order chi connectivity index (χ0) is 8.43. The molecule has 0 radical (unpaired) electrons. The van der Waals surface area contributed by atoms with Crippen molar-refractivity contribution in [1.29, 1.82) is 0 Å². The van der Waals surface area contributed by atoms with Crippen LogP contribution in [0.15, 0.2) is 10.6 Å². The first-order chi connectivity index (χ1) is 5.15. The molecule has 0 aliphatic carbocycles. The summed E-state index contributed by atoms with van der Waals surface area (Å²) in [5.41, 5.74) is 1.22. The summed E-state index contributed by atoms with van der Waals surface area (Å²) in [6.45, 7) is 3.61. The van der Waals surface area contributed by atoms with Crippen molar-refractivity contribution in [2.24, 2.45) is 4.99 Å². The van der Waals surface area contributed by atoms with Crippen LogP contribution >= 0.6 is 12.2 Å². The minimum atomic E-state index is -0.0579. The van der Waals surface area contributed by atoms with E-state index in [1.165, 1.54) is 0 Å². The highest BCUT2D eigenvalue weighted by molar-refractivity contribution is 7.80. The summed E-state index contributed by atoms with van der Waals surface area (Å²) in [7, 11) is 0. The highest BCUT2D eigenvalue weighted by Crippen LogP contribution is 2.06. The van der Waals surface area contributed by atoms with Gasteiger partial charge in [0.05, 0.1) is 17.3 Å². The maximum absolute atomic E-state index is 10.4. The van der Waals surface area contributed by atoms with Crippen molar-refractivity contribution >= 4 is 29.0 Å². The molecule has 4 heteroatoms. The topological polar surface area (TPSA) is 41.5 Å². The largest absolute Gasteiger partial charge is 0.354 e. The van der Waals surface area contributed by atoms with Crippen LogP contribution < -0.4 is 5.32 Å². The van der Waals surface area contributed by atoms with Crippen molar-refractivity contribution in [2.75, 3.05) is 0 Å². The molecule has 1 heterocycles. The van der Waals surface area contributed by atoms with E-state index in [4.69, 9.17) is 12.2 Å². The number of thiocarbonyl (C=S) groups is 1. The van der Waals surface area contributed by atoms with Gasteiger partial charge in [-0.1, -0.05) is 0 Å². The van der Waals surface area contributed by atoms with Gasteiger partial charge in [0.1, 0.15) is 5.94 Å². The maximum atomic E-state index is 10.4. The molecule has 0 fully saturated rings. The van der Waals surface area contributed by atoms with E-state index in [9.17, 15) is 4.79 Å². The molecule has 0 aromatic carbocycles. The molecule has 0 saturated heterocycles. The van der Waals surface area contributed by atoms with Crippen LogP contribution in [0.4, 0.5) is 0 Å². The Balaban J connectivity index is 3.08. The van der Waals surface area contributed by atoms with E-state index >= 15 is 0 Å². The molecule has 1 aliphatic rings. The van der Waals surface area contributed by atoms with Gasteiger partial charge in [-0.15, -0.1) is 0 Å². The summed E-state index contributed by atoms with van der Waals surface area (Å²) in [4.78, 5) is 14.3. The van der Waals surface area contributed by atoms with Crippen LogP contribution in [-0.4, -0.2) is 22.8 Å². The second-order valence-electron chi connectivity index (χ2n) is 2.38. The number of nitrogens with zero attached hydrogens (tertiary/aromatic N) is 1. The van der Waals surface area contributed by atoms with Crippen molar-refractivity contribution in [3.63, 3.8) is 0 Å². The Kier molecular flexibility index (Phi) is 2.17. The molecular weight excluding hydrogens is 160 g/mol. The van der Waals surface area contributed by atoms with Gasteiger partial charge in [-0.2, -0.15) is 0 Å². The van der Waals surface area contributed by atoms with Gasteiger partial charge >= 0.3 is 0 Å². The fraction of sp³-hybridized carbons (Fsp3) is 0.429. The molecule has 1 atom stereocenters. The van der Waals surface area contributed by atoms with Crippen molar-refractivity contribution in [1.82, 2.24) is 5.32 Å². The third-order valence-corrected chi connectivity index (χ3v) is 1.75. The molecule has 3 nitrogen and oxygen atoms in total. The zero-order valence-electron chi connectivity index (χ0n) is 6.34. The van der Waals surface area contributed by atoms with Gasteiger partial charge in [-0.25, -0.2) is 9.79 Å². The minimum Gasteiger partial charge on any atom is -0.354 e. The smallest absolute Gasteiger partial charge is 0.193 e. The van der Waals surface area contributed by atoms with Crippen LogP contribution in [-0.2, 0) is 4.79 Å². The second kappa shape index (κ2) is 2.95. The van der Waals surface area contributed by atoms with E-state index in [2.05, 4.69) is 10.3 Å². The summed E-state index contributed by atoms with van der Waals surface area (Å²) in [6.07, 6.45) is 0. The van der Waals surface area contributed by atoms with Crippen molar-refractivity contribution < 1.29 is 4.79 Å². The van der Waals surface area contributed by atoms with Crippen molar-refractivity contribution in [2.45, 2.75) is 19.9 Å². The van der Waals surface area contributed by atoms with Crippen LogP contribution in [0.2, 0.25) is 0 Å². The molecule has 0 amide bonds. The summed E-state index contributed by atoms with van der Waals surface area (Å²) < 4.78 is 0. The average molecular weight is 168 g/mol. The van der Waals surface area contributed by atoms with E-state index < -0.39 is 0 Å². The van der Waals surface area contributed by atoms with Gasteiger partial charge in [0.25, 0.3) is 0 Å². The van der Waals surface area contributed by atoms with Gasteiger partial charge < -0.3 is 5.32 Å². The lowest BCUT2D eigenvalue weighted by molar-refractivity contribution is 0.565. The Labute approximate surface area is 70.2 Å². The van der Waals surface area contributed by atoms with E-state index in [0.717, 1.165) is 0 Å². The standard InChI is InChI=1S/C7H8N2OS/c1-4-6(3-10)5(2)9-7(11)8-4/h4H,1-2H3,(H,8,11). The predicted octanol–water partition coefficient (Wildman–Crippen LogP) is 0.482. The SMILES string of the molecule is CC1=NC(=S)NC(C)C1=C=O. The fourth-order valence-corrected chi connectivity index (χ4v) is 1.29. The molecule has 0 aromatic heterocycles. The Morgan fingerprint density at radius 1 is 1.73 bits per heavy atom. The van der Waals surface area contributed by atoms with E-state index in [0.29, 0.717) is 16.4 Å². The van der Waals surface area contributed by atoms with E-state index in [1.807, 2.05) is 12.9 Å². The Morgan fingerprint density at radius 3 is 2.82 bits per heavy atom. The summed E-state index contributed by atoms with van der Waals surface area (Å²) in [6, 6.07) is -0.0579. The third-order valence-electron chi connectivity index (χ3n) is 1.54. The third kappa shape index (κ3) is 1.53. The fourth-order valence-electron chi connectivity index (χ4n) is 0.978. The van der Waals surface area contributed by atoms with Gasteiger partial charge in [0.15, 0.2) is 5.11 Å². The number of hydrogen-bond acceptors (Lipinski definition) is 2. The molecule has 1 unspecified atom stereocenters. The van der Waals surface area contributed by atoms with Crippen LogP contribution in [0.5, 0.6) is 0 Å². The van der Waals surface area contributed by atoms with Gasteiger partial charge in [0.2, 0.25) is 0 Å². The van der Waals surface area contributed by atoms with Crippen LogP contribution in [0, 0.1) is 0 Å². The Hall–Kier alpha value is -0.990. The molecule has 0 spiro atoms. The lowest BCUT2D eigenvalue weighted by atomic mass is 10.1. The Morgan fingerprint density at radius 2 is 2.36 bits per heavy atom. The summed E-state index contributed by atoms with van der Waals surface area (Å²) in [5.74, 6) is 1.84. The number of carbonyl (C=O) groups excluding carboxylic acids is 1. The van der Waals surface area contributed by atoms with E-state index in [1.54, 1.807) is 6.92 Å². The quantitative estimate of drug-likeness (QED) is 0.422. The molecule has 11 heavy (non-hydrogen) atoms.